The molecule has 2 rings (SSSR count). The molecule has 1 saturated heterocycles. The molecule has 0 saturated carbocycles. The highest BCUT2D eigenvalue weighted by molar-refractivity contribution is 6.29. The van der Waals surface area contributed by atoms with Crippen LogP contribution in [0.4, 0.5) is 5.82 Å². The smallest absolute Gasteiger partial charge is 0.252 e. The Morgan fingerprint density at radius 2 is 2.08 bits per heavy atom. The molecule has 2 heterocycles. The summed E-state index contributed by atoms with van der Waals surface area (Å²) in [6.07, 6.45) is 1.96. The second-order valence-electron chi connectivity index (χ2n) is 6.04. The first-order valence-electron chi connectivity index (χ1n) is 7.87. The minimum atomic E-state index is -0.575. The van der Waals surface area contributed by atoms with Crippen LogP contribution in [0.15, 0.2) is 6.07 Å². The molecule has 8 nitrogen and oxygen atoms in total. The Morgan fingerprint density at radius 3 is 2.67 bits per heavy atom. The van der Waals surface area contributed by atoms with Crippen LogP contribution in [0.2, 0.25) is 5.15 Å². The Balaban J connectivity index is 1.93. The number of piperidine rings is 1. The number of rotatable bonds is 6. The molecule has 2 amide bonds. The minimum Gasteiger partial charge on any atom is -0.365 e. The van der Waals surface area contributed by atoms with Crippen LogP contribution in [0, 0.1) is 5.92 Å². The normalized spacial score (nSPS) is 16.0. The van der Waals surface area contributed by atoms with Crippen molar-refractivity contribution in [3.05, 3.63) is 16.8 Å². The Morgan fingerprint density at radius 1 is 1.42 bits per heavy atom. The van der Waals surface area contributed by atoms with Gasteiger partial charge in [0.1, 0.15) is 0 Å². The molecule has 1 aliphatic heterocycles. The van der Waals surface area contributed by atoms with Gasteiger partial charge in [-0.25, -0.2) is 0 Å². The van der Waals surface area contributed by atoms with Gasteiger partial charge in [-0.3, -0.25) is 14.5 Å². The summed E-state index contributed by atoms with van der Waals surface area (Å²) in [7, 11) is 3.51. The number of primary amides is 1. The highest BCUT2D eigenvalue weighted by atomic mass is 35.5. The molecule has 0 spiro atoms. The van der Waals surface area contributed by atoms with Gasteiger partial charge in [0.2, 0.25) is 5.91 Å². The summed E-state index contributed by atoms with van der Waals surface area (Å²) in [5, 5.41) is 10.6. The third kappa shape index (κ3) is 4.78. The van der Waals surface area contributed by atoms with Crippen molar-refractivity contribution < 1.29 is 9.59 Å². The highest BCUT2D eigenvalue weighted by Gasteiger charge is 2.23. The van der Waals surface area contributed by atoms with E-state index in [1.807, 2.05) is 11.9 Å². The van der Waals surface area contributed by atoms with E-state index < -0.39 is 5.91 Å². The summed E-state index contributed by atoms with van der Waals surface area (Å²) in [5.41, 5.74) is 5.67. The predicted molar refractivity (Wildman–Crippen MR) is 92.1 cm³/mol. The zero-order valence-corrected chi connectivity index (χ0v) is 14.7. The van der Waals surface area contributed by atoms with Crippen LogP contribution in [0.5, 0.6) is 0 Å². The van der Waals surface area contributed by atoms with Gasteiger partial charge in [-0.15, -0.1) is 10.2 Å². The minimum absolute atomic E-state index is 0.0353. The average Bonchev–Trinajstić information content (AvgIpc) is 2.56. The van der Waals surface area contributed by atoms with Crippen molar-refractivity contribution in [2.24, 2.45) is 11.7 Å². The van der Waals surface area contributed by atoms with Gasteiger partial charge >= 0.3 is 0 Å². The number of nitrogens with zero attached hydrogens (tertiary/aromatic N) is 4. The molecule has 0 unspecified atom stereocenters. The number of anilines is 1. The van der Waals surface area contributed by atoms with E-state index in [1.165, 1.54) is 6.07 Å². The van der Waals surface area contributed by atoms with Crippen molar-refractivity contribution in [1.29, 1.82) is 0 Å². The second-order valence-corrected chi connectivity index (χ2v) is 6.43. The van der Waals surface area contributed by atoms with Crippen molar-refractivity contribution in [1.82, 2.24) is 20.4 Å². The number of aromatic nitrogens is 2. The maximum absolute atomic E-state index is 11.6. The average molecular weight is 355 g/mol. The van der Waals surface area contributed by atoms with E-state index in [0.29, 0.717) is 18.3 Å². The molecule has 1 aromatic heterocycles. The van der Waals surface area contributed by atoms with Gasteiger partial charge in [0.05, 0.1) is 12.1 Å². The number of likely N-dealkylation sites (N-methyl/N-ethyl adjacent to an activating group) is 1. The Bertz CT molecular complexity index is 604. The Kier molecular flexibility index (Phi) is 6.33. The molecule has 0 atom stereocenters. The molecule has 0 aliphatic carbocycles. The topological polar surface area (TPSA) is 104 Å². The van der Waals surface area contributed by atoms with Gasteiger partial charge in [-0.05, 0) is 37.9 Å². The SMILES string of the molecule is CNC(=O)CN1CCC(CN(C)c2nnc(Cl)cc2C(N)=O)CC1. The summed E-state index contributed by atoms with van der Waals surface area (Å²) >= 11 is 5.79. The van der Waals surface area contributed by atoms with Crippen molar-refractivity contribution in [2.75, 3.05) is 45.2 Å². The summed E-state index contributed by atoms with van der Waals surface area (Å²) in [6.45, 7) is 2.93. The first kappa shape index (κ1) is 18.4. The third-order valence-corrected chi connectivity index (χ3v) is 4.44. The van der Waals surface area contributed by atoms with E-state index in [2.05, 4.69) is 20.4 Å². The number of amides is 2. The fourth-order valence-corrected chi connectivity index (χ4v) is 3.05. The molecule has 0 radical (unpaired) electrons. The molecular formula is C15H23ClN6O2. The summed E-state index contributed by atoms with van der Waals surface area (Å²) in [6, 6.07) is 1.44. The van der Waals surface area contributed by atoms with Crippen molar-refractivity contribution in [3.63, 3.8) is 0 Å². The first-order valence-corrected chi connectivity index (χ1v) is 8.25. The first-order chi connectivity index (χ1) is 11.4. The fourth-order valence-electron chi connectivity index (χ4n) is 2.91. The van der Waals surface area contributed by atoms with E-state index >= 15 is 0 Å². The monoisotopic (exact) mass is 354 g/mol. The Hall–Kier alpha value is -1.93. The molecule has 1 fully saturated rings. The van der Waals surface area contributed by atoms with E-state index in [0.717, 1.165) is 32.5 Å². The molecular weight excluding hydrogens is 332 g/mol. The molecule has 0 bridgehead atoms. The number of carbonyl (C=O) groups excluding carboxylic acids is 2. The summed E-state index contributed by atoms with van der Waals surface area (Å²) < 4.78 is 0. The van der Waals surface area contributed by atoms with Crippen molar-refractivity contribution >= 4 is 29.2 Å². The molecule has 9 heteroatoms. The molecule has 1 aliphatic rings. The van der Waals surface area contributed by atoms with Crippen LogP contribution < -0.4 is 16.0 Å². The lowest BCUT2D eigenvalue weighted by Crippen LogP contribution is -2.42. The number of nitrogens with one attached hydrogen (secondary N) is 1. The number of carbonyl (C=O) groups is 2. The molecule has 1 aromatic rings. The van der Waals surface area contributed by atoms with Crippen molar-refractivity contribution in [3.8, 4) is 0 Å². The number of halogens is 1. The van der Waals surface area contributed by atoms with Gasteiger partial charge in [-0.2, -0.15) is 0 Å². The summed E-state index contributed by atoms with van der Waals surface area (Å²) in [5.74, 6) is 0.357. The molecule has 3 N–H and O–H groups in total. The largest absolute Gasteiger partial charge is 0.365 e. The zero-order valence-electron chi connectivity index (χ0n) is 14.0. The quantitative estimate of drug-likeness (QED) is 0.752. The fraction of sp³-hybridized carbons (Fsp3) is 0.600. The highest BCUT2D eigenvalue weighted by Crippen LogP contribution is 2.23. The van der Waals surface area contributed by atoms with Gasteiger partial charge in [0.25, 0.3) is 5.91 Å². The zero-order chi connectivity index (χ0) is 17.7. The van der Waals surface area contributed by atoms with Crippen molar-refractivity contribution in [2.45, 2.75) is 12.8 Å². The van der Waals surface area contributed by atoms with Crippen LogP contribution in [0.3, 0.4) is 0 Å². The lowest BCUT2D eigenvalue weighted by molar-refractivity contribution is -0.122. The van der Waals surface area contributed by atoms with E-state index in [-0.39, 0.29) is 16.6 Å². The third-order valence-electron chi connectivity index (χ3n) is 4.26. The van der Waals surface area contributed by atoms with Crippen LogP contribution in [0.25, 0.3) is 0 Å². The van der Waals surface area contributed by atoms with Gasteiger partial charge < -0.3 is 16.0 Å². The maximum Gasteiger partial charge on any atom is 0.252 e. The van der Waals surface area contributed by atoms with E-state index in [1.54, 1.807) is 7.05 Å². The lowest BCUT2D eigenvalue weighted by Gasteiger charge is -2.33. The standard InChI is InChI=1S/C15H23ClN6O2/c1-18-13(23)9-22-5-3-10(4-6-22)8-21(2)15-11(14(17)24)7-12(16)19-20-15/h7,10H,3-6,8-9H2,1-2H3,(H2,17,24)(H,18,23). The van der Waals surface area contributed by atoms with E-state index in [4.69, 9.17) is 17.3 Å². The van der Waals surface area contributed by atoms with Crippen LogP contribution >= 0.6 is 11.6 Å². The van der Waals surface area contributed by atoms with Gasteiger partial charge in [0, 0.05) is 20.6 Å². The number of likely N-dealkylation sites (tertiary alicyclic amines) is 1. The molecule has 132 valence electrons. The Labute approximate surface area is 146 Å². The molecule has 24 heavy (non-hydrogen) atoms. The van der Waals surface area contributed by atoms with Gasteiger partial charge in [-0.1, -0.05) is 11.6 Å². The molecule has 0 aromatic carbocycles. The maximum atomic E-state index is 11.6. The van der Waals surface area contributed by atoms with Crippen LogP contribution in [-0.2, 0) is 4.79 Å². The number of hydrogen-bond donors (Lipinski definition) is 2. The summed E-state index contributed by atoms with van der Waals surface area (Å²) in [4.78, 5) is 27.0. The second kappa shape index (κ2) is 8.25. The number of hydrogen-bond acceptors (Lipinski definition) is 6. The van der Waals surface area contributed by atoms with Gasteiger partial charge in [0.15, 0.2) is 11.0 Å². The van der Waals surface area contributed by atoms with Crippen LogP contribution in [0.1, 0.15) is 23.2 Å². The number of nitrogens with two attached hydrogens (primary N) is 1. The van der Waals surface area contributed by atoms with Crippen LogP contribution in [-0.4, -0.2) is 67.2 Å². The lowest BCUT2D eigenvalue weighted by atomic mass is 9.96. The predicted octanol–water partition coefficient (Wildman–Crippen LogP) is 0.123. The van der Waals surface area contributed by atoms with E-state index in [9.17, 15) is 9.59 Å².